The molecule has 0 aliphatic heterocycles. The number of rotatable bonds is 6. The molecule has 1 N–H and O–H groups in total. The van der Waals surface area contributed by atoms with Crippen LogP contribution in [0.25, 0.3) is 0 Å². The summed E-state index contributed by atoms with van der Waals surface area (Å²) in [6.45, 7) is 5.03. The van der Waals surface area contributed by atoms with Crippen molar-refractivity contribution in [2.24, 2.45) is 0 Å². The number of carbonyl (C=O) groups is 2. The highest BCUT2D eigenvalue weighted by Gasteiger charge is 2.26. The fourth-order valence-electron chi connectivity index (χ4n) is 1.63. The summed E-state index contributed by atoms with van der Waals surface area (Å²) in [6, 6.07) is 1.43. The average molecular weight is 278 g/mol. The second-order valence-corrected chi connectivity index (χ2v) is 4.39. The normalized spacial score (nSPS) is 10.7. The fraction of sp³-hybridized carbons (Fsp3) is 0.500. The molecule has 20 heavy (non-hydrogen) atoms. The van der Waals surface area contributed by atoms with Gasteiger partial charge in [0.05, 0.1) is 5.69 Å². The molecule has 0 saturated carbocycles. The van der Waals surface area contributed by atoms with Gasteiger partial charge in [0, 0.05) is 6.07 Å². The van der Waals surface area contributed by atoms with Gasteiger partial charge >= 0.3 is 5.97 Å². The first-order valence-electron chi connectivity index (χ1n) is 6.35. The van der Waals surface area contributed by atoms with Crippen LogP contribution in [0.4, 0.5) is 0 Å². The zero-order valence-corrected chi connectivity index (χ0v) is 11.9. The Hall–Kier alpha value is -2.29. The summed E-state index contributed by atoms with van der Waals surface area (Å²) in [7, 11) is 0. The van der Waals surface area contributed by atoms with Crippen molar-refractivity contribution in [2.75, 3.05) is 6.61 Å². The number of nitrogens with one attached hydrogen (secondary N) is 1. The number of hydrogen-bond donors (Lipinski definition) is 1. The molecule has 1 heterocycles. The third kappa shape index (κ3) is 3.85. The topological polar surface area (TPSA) is 81.4 Å². The molecule has 0 bridgehead atoms. The standard InChI is InChI=1S/C14H18N2O4/c1-5-14(6-2,7-3)15-12(17)9-19-13(18)11-8-10(4)16-20-11/h1,8H,6-7,9H2,2-4H3,(H,15,17). The Morgan fingerprint density at radius 1 is 1.50 bits per heavy atom. The molecule has 0 radical (unpaired) electrons. The van der Waals surface area contributed by atoms with Crippen molar-refractivity contribution in [3.05, 3.63) is 17.5 Å². The minimum Gasteiger partial charge on any atom is -0.450 e. The van der Waals surface area contributed by atoms with Crippen molar-refractivity contribution in [3.63, 3.8) is 0 Å². The predicted molar refractivity (Wildman–Crippen MR) is 71.8 cm³/mol. The molecule has 0 aliphatic rings. The molecular formula is C14H18N2O4. The van der Waals surface area contributed by atoms with Crippen molar-refractivity contribution in [1.82, 2.24) is 10.5 Å². The van der Waals surface area contributed by atoms with Crippen molar-refractivity contribution in [1.29, 1.82) is 0 Å². The van der Waals surface area contributed by atoms with Crippen molar-refractivity contribution in [2.45, 2.75) is 39.2 Å². The van der Waals surface area contributed by atoms with Crippen LogP contribution >= 0.6 is 0 Å². The van der Waals surface area contributed by atoms with E-state index in [0.29, 0.717) is 18.5 Å². The molecular weight excluding hydrogens is 260 g/mol. The van der Waals surface area contributed by atoms with Crippen LogP contribution in [0.2, 0.25) is 0 Å². The first-order chi connectivity index (χ1) is 9.46. The van der Waals surface area contributed by atoms with Gasteiger partial charge in [0.2, 0.25) is 5.76 Å². The lowest BCUT2D eigenvalue weighted by molar-refractivity contribution is -0.125. The summed E-state index contributed by atoms with van der Waals surface area (Å²) >= 11 is 0. The maximum absolute atomic E-state index is 11.7. The van der Waals surface area contributed by atoms with E-state index in [1.165, 1.54) is 6.07 Å². The van der Waals surface area contributed by atoms with Crippen LogP contribution in [-0.2, 0) is 9.53 Å². The van der Waals surface area contributed by atoms with Gasteiger partial charge in [-0.15, -0.1) is 6.42 Å². The Balaban J connectivity index is 2.52. The number of esters is 1. The Kier molecular flexibility index (Phi) is 5.32. The molecule has 0 fully saturated rings. The minimum absolute atomic E-state index is 0.0375. The van der Waals surface area contributed by atoms with Gasteiger partial charge in [-0.1, -0.05) is 24.9 Å². The van der Waals surface area contributed by atoms with E-state index in [2.05, 4.69) is 16.4 Å². The van der Waals surface area contributed by atoms with Crippen LogP contribution in [0.5, 0.6) is 0 Å². The highest BCUT2D eigenvalue weighted by atomic mass is 16.6. The maximum Gasteiger partial charge on any atom is 0.377 e. The third-order valence-electron chi connectivity index (χ3n) is 3.03. The smallest absolute Gasteiger partial charge is 0.377 e. The van der Waals surface area contributed by atoms with Crippen LogP contribution in [0.15, 0.2) is 10.6 Å². The monoisotopic (exact) mass is 278 g/mol. The highest BCUT2D eigenvalue weighted by molar-refractivity contribution is 5.89. The Morgan fingerprint density at radius 2 is 2.15 bits per heavy atom. The molecule has 1 amide bonds. The number of amides is 1. The summed E-state index contributed by atoms with van der Waals surface area (Å²) in [5, 5.41) is 6.25. The van der Waals surface area contributed by atoms with E-state index >= 15 is 0 Å². The van der Waals surface area contributed by atoms with Gasteiger partial charge in [0.1, 0.15) is 5.54 Å². The van der Waals surface area contributed by atoms with E-state index in [0.717, 1.165) is 0 Å². The molecule has 0 aromatic carbocycles. The van der Waals surface area contributed by atoms with Gasteiger partial charge in [-0.3, -0.25) is 4.79 Å². The first-order valence-corrected chi connectivity index (χ1v) is 6.35. The Morgan fingerprint density at radius 3 is 2.60 bits per heavy atom. The molecule has 108 valence electrons. The van der Waals surface area contributed by atoms with Crippen LogP contribution in [0, 0.1) is 19.3 Å². The van der Waals surface area contributed by atoms with Crippen LogP contribution < -0.4 is 5.32 Å². The minimum atomic E-state index is -0.736. The van der Waals surface area contributed by atoms with Crippen LogP contribution in [-0.4, -0.2) is 29.2 Å². The molecule has 1 aromatic rings. The Bertz CT molecular complexity index is 524. The van der Waals surface area contributed by atoms with Crippen molar-refractivity contribution in [3.8, 4) is 12.3 Å². The number of hydrogen-bond acceptors (Lipinski definition) is 5. The van der Waals surface area contributed by atoms with Gasteiger partial charge < -0.3 is 14.6 Å². The number of aromatic nitrogens is 1. The van der Waals surface area contributed by atoms with Crippen molar-refractivity contribution < 1.29 is 18.8 Å². The summed E-state index contributed by atoms with van der Waals surface area (Å²) < 4.78 is 9.56. The van der Waals surface area contributed by atoms with Gasteiger partial charge in [0.15, 0.2) is 6.61 Å². The lowest BCUT2D eigenvalue weighted by Crippen LogP contribution is -2.48. The lowest BCUT2D eigenvalue weighted by Gasteiger charge is -2.26. The molecule has 0 saturated heterocycles. The van der Waals surface area contributed by atoms with Crippen LogP contribution in [0.1, 0.15) is 42.9 Å². The summed E-state index contributed by atoms with van der Waals surface area (Å²) in [4.78, 5) is 23.3. The molecule has 6 nitrogen and oxygen atoms in total. The molecule has 0 aliphatic carbocycles. The number of aryl methyl sites for hydroxylation is 1. The zero-order chi connectivity index (χ0) is 15.2. The second kappa shape index (κ2) is 6.75. The van der Waals surface area contributed by atoms with E-state index in [4.69, 9.17) is 15.7 Å². The Labute approximate surface area is 117 Å². The lowest BCUT2D eigenvalue weighted by atomic mass is 9.94. The average Bonchev–Trinajstić information content (AvgIpc) is 2.89. The van der Waals surface area contributed by atoms with Gasteiger partial charge in [-0.05, 0) is 19.8 Å². The SMILES string of the molecule is C#CC(CC)(CC)NC(=O)COC(=O)c1cc(C)no1. The quantitative estimate of drug-likeness (QED) is 0.629. The van der Waals surface area contributed by atoms with Crippen LogP contribution in [0.3, 0.4) is 0 Å². The number of terminal acetylenes is 1. The number of ether oxygens (including phenoxy) is 1. The summed E-state index contributed by atoms with van der Waals surface area (Å²) in [5.74, 6) is 1.35. The van der Waals surface area contributed by atoms with Crippen molar-refractivity contribution >= 4 is 11.9 Å². The predicted octanol–water partition coefficient (Wildman–Crippen LogP) is 1.45. The second-order valence-electron chi connectivity index (χ2n) is 4.39. The third-order valence-corrected chi connectivity index (χ3v) is 3.03. The number of carbonyl (C=O) groups excluding carboxylic acids is 2. The zero-order valence-electron chi connectivity index (χ0n) is 11.9. The fourth-order valence-corrected chi connectivity index (χ4v) is 1.63. The van der Waals surface area contributed by atoms with E-state index in [1.54, 1.807) is 6.92 Å². The molecule has 1 aromatic heterocycles. The van der Waals surface area contributed by atoms with Gasteiger partial charge in [0.25, 0.3) is 5.91 Å². The molecule has 0 atom stereocenters. The van der Waals surface area contributed by atoms with E-state index in [1.807, 2.05) is 13.8 Å². The summed E-state index contributed by atoms with van der Waals surface area (Å²) in [5.41, 5.74) is -0.142. The summed E-state index contributed by atoms with van der Waals surface area (Å²) in [6.07, 6.45) is 6.63. The molecule has 1 rings (SSSR count). The largest absolute Gasteiger partial charge is 0.450 e. The number of nitrogens with zero attached hydrogens (tertiary/aromatic N) is 1. The maximum atomic E-state index is 11.7. The van der Waals surface area contributed by atoms with E-state index in [9.17, 15) is 9.59 Å². The highest BCUT2D eigenvalue weighted by Crippen LogP contribution is 2.13. The van der Waals surface area contributed by atoms with Gasteiger partial charge in [-0.25, -0.2) is 4.79 Å². The van der Waals surface area contributed by atoms with E-state index < -0.39 is 24.0 Å². The van der Waals surface area contributed by atoms with E-state index in [-0.39, 0.29) is 5.76 Å². The molecule has 6 heteroatoms. The molecule has 0 unspecified atom stereocenters. The van der Waals surface area contributed by atoms with Gasteiger partial charge in [-0.2, -0.15) is 0 Å². The first kappa shape index (κ1) is 15.8. The molecule has 0 spiro atoms.